The maximum absolute atomic E-state index is 12.4. The van der Waals surface area contributed by atoms with E-state index in [9.17, 15) is 9.59 Å². The first-order valence-electron chi connectivity index (χ1n) is 8.42. The third kappa shape index (κ3) is 5.09. The summed E-state index contributed by atoms with van der Waals surface area (Å²) in [5.74, 6) is -0.0281. The summed E-state index contributed by atoms with van der Waals surface area (Å²) in [6, 6.07) is 13.6. The zero-order valence-corrected chi connectivity index (χ0v) is 16.4. The van der Waals surface area contributed by atoms with Gasteiger partial charge in [0.1, 0.15) is 0 Å². The zero-order valence-electron chi connectivity index (χ0n) is 14.9. The number of carbonyl (C=O) groups excluding carboxylic acids is 2. The topological polar surface area (TPSA) is 99.8 Å². The quantitative estimate of drug-likeness (QED) is 0.564. The predicted octanol–water partition coefficient (Wildman–Crippen LogP) is 3.98. The molecule has 0 fully saturated rings. The Balaban J connectivity index is 1.70. The number of anilines is 1. The van der Waals surface area contributed by atoms with Crippen molar-refractivity contribution in [1.82, 2.24) is 20.5 Å². The second-order valence-corrected chi connectivity index (χ2v) is 6.89. The lowest BCUT2D eigenvalue weighted by molar-refractivity contribution is -0.120. The lowest BCUT2D eigenvalue weighted by Crippen LogP contribution is -2.29. The number of benzene rings is 2. The van der Waals surface area contributed by atoms with Gasteiger partial charge in [-0.15, -0.1) is 5.10 Å². The average Bonchev–Trinajstić information content (AvgIpc) is 3.10. The fourth-order valence-corrected chi connectivity index (χ4v) is 3.00. The summed E-state index contributed by atoms with van der Waals surface area (Å²) in [5, 5.41) is 13.2. The van der Waals surface area contributed by atoms with Crippen LogP contribution in [0.1, 0.15) is 24.9 Å². The third-order valence-corrected chi connectivity index (χ3v) is 4.49. The Hall–Kier alpha value is -2.90. The largest absolute Gasteiger partial charge is 0.349 e. The van der Waals surface area contributed by atoms with Crippen LogP contribution in [0.4, 0.5) is 5.95 Å². The number of aromatic nitrogens is 3. The summed E-state index contributed by atoms with van der Waals surface area (Å²) in [4.78, 5) is 28.2. The Labute approximate surface area is 171 Å². The molecule has 144 valence electrons. The molecule has 1 unspecified atom stereocenters. The van der Waals surface area contributed by atoms with E-state index in [0.29, 0.717) is 21.4 Å². The van der Waals surface area contributed by atoms with Gasteiger partial charge in [0.05, 0.1) is 17.5 Å². The first kappa shape index (κ1) is 19.9. The number of carbonyl (C=O) groups is 2. The van der Waals surface area contributed by atoms with E-state index >= 15 is 0 Å². The number of amides is 2. The van der Waals surface area contributed by atoms with Crippen molar-refractivity contribution in [3.63, 3.8) is 0 Å². The van der Waals surface area contributed by atoms with Crippen molar-refractivity contribution in [2.75, 3.05) is 5.32 Å². The SMILES string of the molecule is CC(=O)NC(CC(=O)Nc1n[nH]c(-c2ccccc2Cl)n1)c1ccc(Cl)cc1. The standard InChI is InChI=1S/C19H17Cl2N5O2/c1-11(27)22-16(12-6-8-13(20)9-7-12)10-17(28)23-19-24-18(25-26-19)14-4-2-3-5-15(14)21/h2-9,16H,10H2,1H3,(H,22,27)(H2,23,24,25,26,28). The number of nitrogens with one attached hydrogen (secondary N) is 3. The Morgan fingerprint density at radius 1 is 1.11 bits per heavy atom. The van der Waals surface area contributed by atoms with E-state index in [1.807, 2.05) is 12.1 Å². The number of H-pyrrole nitrogens is 1. The molecule has 0 aliphatic heterocycles. The molecule has 0 spiro atoms. The molecule has 1 aromatic heterocycles. The Morgan fingerprint density at radius 3 is 2.50 bits per heavy atom. The molecule has 0 saturated heterocycles. The van der Waals surface area contributed by atoms with Crippen LogP contribution in [-0.2, 0) is 9.59 Å². The molecule has 0 bridgehead atoms. The smallest absolute Gasteiger partial charge is 0.249 e. The minimum Gasteiger partial charge on any atom is -0.349 e. The minimum absolute atomic E-state index is 0.0111. The van der Waals surface area contributed by atoms with Crippen molar-refractivity contribution in [3.05, 3.63) is 64.1 Å². The van der Waals surface area contributed by atoms with Crippen molar-refractivity contribution in [2.45, 2.75) is 19.4 Å². The van der Waals surface area contributed by atoms with Crippen LogP contribution in [-0.4, -0.2) is 27.0 Å². The normalized spacial score (nSPS) is 11.7. The van der Waals surface area contributed by atoms with Gasteiger partial charge in [-0.1, -0.05) is 47.5 Å². The van der Waals surface area contributed by atoms with Crippen LogP contribution in [0.5, 0.6) is 0 Å². The molecule has 0 aliphatic carbocycles. The van der Waals surface area contributed by atoms with Crippen LogP contribution in [0, 0.1) is 0 Å². The van der Waals surface area contributed by atoms with Crippen LogP contribution in [0.2, 0.25) is 10.0 Å². The molecule has 28 heavy (non-hydrogen) atoms. The maximum Gasteiger partial charge on any atom is 0.249 e. The molecule has 0 saturated carbocycles. The zero-order chi connectivity index (χ0) is 20.1. The van der Waals surface area contributed by atoms with E-state index in [1.165, 1.54) is 6.92 Å². The van der Waals surface area contributed by atoms with Gasteiger partial charge in [0.2, 0.25) is 17.8 Å². The highest BCUT2D eigenvalue weighted by Crippen LogP contribution is 2.25. The molecule has 1 atom stereocenters. The predicted molar refractivity (Wildman–Crippen MR) is 108 cm³/mol. The van der Waals surface area contributed by atoms with Crippen molar-refractivity contribution in [2.24, 2.45) is 0 Å². The van der Waals surface area contributed by atoms with E-state index in [0.717, 1.165) is 5.56 Å². The third-order valence-electron chi connectivity index (χ3n) is 3.90. The van der Waals surface area contributed by atoms with Crippen molar-refractivity contribution < 1.29 is 9.59 Å². The summed E-state index contributed by atoms with van der Waals surface area (Å²) in [5.41, 5.74) is 1.44. The van der Waals surface area contributed by atoms with Crippen LogP contribution >= 0.6 is 23.2 Å². The molecule has 3 rings (SSSR count). The lowest BCUT2D eigenvalue weighted by Gasteiger charge is -2.17. The first-order valence-corrected chi connectivity index (χ1v) is 9.17. The highest BCUT2D eigenvalue weighted by Gasteiger charge is 2.19. The van der Waals surface area contributed by atoms with Gasteiger partial charge in [-0.05, 0) is 29.8 Å². The summed E-state index contributed by atoms with van der Waals surface area (Å²) in [6.07, 6.45) is 0.0111. The molecule has 3 aromatic rings. The maximum atomic E-state index is 12.4. The van der Waals surface area contributed by atoms with Gasteiger partial charge in [0.15, 0.2) is 5.82 Å². The monoisotopic (exact) mass is 417 g/mol. The van der Waals surface area contributed by atoms with Crippen LogP contribution in [0.15, 0.2) is 48.5 Å². The van der Waals surface area contributed by atoms with Crippen LogP contribution in [0.25, 0.3) is 11.4 Å². The molecule has 0 aliphatic rings. The van der Waals surface area contributed by atoms with Gasteiger partial charge in [0.25, 0.3) is 0 Å². The number of rotatable bonds is 6. The van der Waals surface area contributed by atoms with Gasteiger partial charge < -0.3 is 5.32 Å². The van der Waals surface area contributed by atoms with Crippen molar-refractivity contribution in [3.8, 4) is 11.4 Å². The molecule has 1 heterocycles. The molecule has 7 nitrogen and oxygen atoms in total. The summed E-state index contributed by atoms with van der Waals surface area (Å²) < 4.78 is 0. The number of aromatic amines is 1. The lowest BCUT2D eigenvalue weighted by atomic mass is 10.0. The molecular formula is C19H17Cl2N5O2. The highest BCUT2D eigenvalue weighted by atomic mass is 35.5. The summed E-state index contributed by atoms with van der Waals surface area (Å²) >= 11 is 12.0. The number of halogens is 2. The Kier molecular flexibility index (Phi) is 6.28. The van der Waals surface area contributed by atoms with E-state index < -0.39 is 6.04 Å². The second kappa shape index (κ2) is 8.86. The number of nitrogens with zero attached hydrogens (tertiary/aromatic N) is 2. The summed E-state index contributed by atoms with van der Waals surface area (Å²) in [7, 11) is 0. The van der Waals surface area contributed by atoms with E-state index in [-0.39, 0.29) is 24.2 Å². The average molecular weight is 418 g/mol. The molecule has 0 radical (unpaired) electrons. The van der Waals surface area contributed by atoms with E-state index in [2.05, 4.69) is 25.8 Å². The Morgan fingerprint density at radius 2 is 1.82 bits per heavy atom. The first-order chi connectivity index (χ1) is 13.4. The molecule has 2 aromatic carbocycles. The second-order valence-electron chi connectivity index (χ2n) is 6.04. The van der Waals surface area contributed by atoms with E-state index in [1.54, 1.807) is 36.4 Å². The van der Waals surface area contributed by atoms with Crippen molar-refractivity contribution in [1.29, 1.82) is 0 Å². The fraction of sp³-hybridized carbons (Fsp3) is 0.158. The molecule has 2 amide bonds. The summed E-state index contributed by atoms with van der Waals surface area (Å²) in [6.45, 7) is 1.39. The van der Waals surface area contributed by atoms with Gasteiger partial charge in [-0.25, -0.2) is 0 Å². The van der Waals surface area contributed by atoms with Gasteiger partial charge in [0, 0.05) is 17.5 Å². The van der Waals surface area contributed by atoms with Crippen LogP contribution in [0.3, 0.4) is 0 Å². The van der Waals surface area contributed by atoms with Gasteiger partial charge in [-0.3, -0.25) is 20.0 Å². The highest BCUT2D eigenvalue weighted by molar-refractivity contribution is 6.33. The molecule has 9 heteroatoms. The van der Waals surface area contributed by atoms with Gasteiger partial charge in [-0.2, -0.15) is 4.98 Å². The minimum atomic E-state index is -0.503. The number of hydrogen-bond acceptors (Lipinski definition) is 4. The molecular weight excluding hydrogens is 401 g/mol. The number of hydrogen-bond donors (Lipinski definition) is 3. The molecule has 3 N–H and O–H groups in total. The fourth-order valence-electron chi connectivity index (χ4n) is 2.65. The Bertz CT molecular complexity index is 988. The van der Waals surface area contributed by atoms with Gasteiger partial charge >= 0.3 is 0 Å². The van der Waals surface area contributed by atoms with Crippen molar-refractivity contribution >= 4 is 41.0 Å². The van der Waals surface area contributed by atoms with Crippen LogP contribution < -0.4 is 10.6 Å². The van der Waals surface area contributed by atoms with E-state index in [4.69, 9.17) is 23.2 Å².